The van der Waals surface area contributed by atoms with Crippen molar-refractivity contribution in [1.29, 1.82) is 0 Å². The minimum atomic E-state index is -0.205. The van der Waals surface area contributed by atoms with Crippen molar-refractivity contribution < 1.29 is 14.3 Å². The first-order valence-corrected chi connectivity index (χ1v) is 10.2. The maximum Gasteiger partial charge on any atom is 0.262 e. The van der Waals surface area contributed by atoms with Crippen molar-refractivity contribution in [2.24, 2.45) is 5.92 Å². The molecule has 1 saturated heterocycles. The quantitative estimate of drug-likeness (QED) is 0.606. The Morgan fingerprint density at radius 1 is 1.10 bits per heavy atom. The van der Waals surface area contributed by atoms with Gasteiger partial charge in [-0.1, -0.05) is 23.8 Å². The van der Waals surface area contributed by atoms with E-state index in [4.69, 9.17) is 9.47 Å². The minimum absolute atomic E-state index is 0.0719. The normalized spacial score (nSPS) is 14.4. The van der Waals surface area contributed by atoms with E-state index in [0.717, 1.165) is 48.9 Å². The predicted octanol–water partition coefficient (Wildman–Crippen LogP) is 3.11. The smallest absolute Gasteiger partial charge is 0.262 e. The summed E-state index contributed by atoms with van der Waals surface area (Å²) in [5, 5.41) is 9.76. The molecule has 1 fully saturated rings. The van der Waals surface area contributed by atoms with Crippen molar-refractivity contribution >= 4 is 11.6 Å². The molecule has 29 heavy (non-hydrogen) atoms. The summed E-state index contributed by atoms with van der Waals surface area (Å²) < 4.78 is 11.1. The van der Waals surface area contributed by atoms with E-state index in [0.29, 0.717) is 11.5 Å². The molecule has 0 unspecified atom stereocenters. The fourth-order valence-electron chi connectivity index (χ4n) is 3.42. The average Bonchev–Trinajstić information content (AvgIpc) is 2.75. The number of anilines is 1. The maximum absolute atomic E-state index is 12.1. The number of rotatable bonds is 9. The fraction of sp³-hybridized carbons (Fsp3) is 0.435. The molecule has 6 heteroatoms. The molecule has 156 valence electrons. The Bertz CT molecular complexity index is 786. The molecule has 6 nitrogen and oxygen atoms in total. The molecule has 1 amide bonds. The van der Waals surface area contributed by atoms with Gasteiger partial charge in [0.1, 0.15) is 0 Å². The van der Waals surface area contributed by atoms with Gasteiger partial charge >= 0.3 is 0 Å². The van der Waals surface area contributed by atoms with E-state index in [1.807, 2.05) is 49.4 Å². The van der Waals surface area contributed by atoms with Gasteiger partial charge in [-0.3, -0.25) is 4.79 Å². The van der Waals surface area contributed by atoms with E-state index < -0.39 is 0 Å². The second kappa shape index (κ2) is 10.8. The number of nitrogens with one attached hydrogen (secondary N) is 3. The molecular formula is C23H31N3O3. The van der Waals surface area contributed by atoms with Crippen LogP contribution in [0.4, 0.5) is 5.69 Å². The Hall–Kier alpha value is -2.57. The molecule has 3 N–H and O–H groups in total. The molecule has 0 bridgehead atoms. The molecule has 0 aromatic heterocycles. The molecule has 2 aromatic rings. The van der Waals surface area contributed by atoms with Crippen LogP contribution in [-0.2, 0) is 11.3 Å². The van der Waals surface area contributed by atoms with Gasteiger partial charge in [0.25, 0.3) is 5.91 Å². The lowest BCUT2D eigenvalue weighted by molar-refractivity contribution is -0.118. The second-order valence-electron chi connectivity index (χ2n) is 7.51. The number of carbonyl (C=O) groups excluding carboxylic acids is 1. The molecule has 0 saturated carbocycles. The van der Waals surface area contributed by atoms with Crippen molar-refractivity contribution in [2.45, 2.75) is 26.3 Å². The van der Waals surface area contributed by atoms with Crippen molar-refractivity contribution in [2.75, 3.05) is 38.7 Å². The third kappa shape index (κ3) is 6.76. The Balaban J connectivity index is 1.47. The lowest BCUT2D eigenvalue weighted by Gasteiger charge is -2.22. The number of piperidine rings is 1. The largest absolute Gasteiger partial charge is 0.493 e. The summed E-state index contributed by atoms with van der Waals surface area (Å²) in [6.45, 7) is 5.98. The average molecular weight is 398 g/mol. The van der Waals surface area contributed by atoms with Crippen LogP contribution in [0.15, 0.2) is 42.5 Å². The number of hydrogen-bond acceptors (Lipinski definition) is 5. The first-order valence-electron chi connectivity index (χ1n) is 10.2. The van der Waals surface area contributed by atoms with E-state index in [-0.39, 0.29) is 12.5 Å². The van der Waals surface area contributed by atoms with Gasteiger partial charge in [-0.15, -0.1) is 0 Å². The lowest BCUT2D eigenvalue weighted by atomic mass is 9.98. The summed E-state index contributed by atoms with van der Waals surface area (Å²) in [4.78, 5) is 12.1. The van der Waals surface area contributed by atoms with Crippen LogP contribution >= 0.6 is 0 Å². The van der Waals surface area contributed by atoms with Crippen LogP contribution in [0.2, 0.25) is 0 Å². The number of ether oxygens (including phenoxy) is 2. The zero-order chi connectivity index (χ0) is 20.5. The Labute approximate surface area is 173 Å². The zero-order valence-corrected chi connectivity index (χ0v) is 17.3. The van der Waals surface area contributed by atoms with Crippen LogP contribution in [0.3, 0.4) is 0 Å². The second-order valence-corrected chi connectivity index (χ2v) is 7.51. The fourth-order valence-corrected chi connectivity index (χ4v) is 3.42. The highest BCUT2D eigenvalue weighted by Crippen LogP contribution is 2.28. The first kappa shape index (κ1) is 21.1. The summed E-state index contributed by atoms with van der Waals surface area (Å²) in [5.74, 6) is 1.74. The highest BCUT2D eigenvalue weighted by atomic mass is 16.5. The molecule has 2 aromatic carbocycles. The Kier molecular flexibility index (Phi) is 7.90. The highest BCUT2D eigenvalue weighted by Gasteiger charge is 2.13. The van der Waals surface area contributed by atoms with Gasteiger partial charge in [-0.25, -0.2) is 0 Å². The standard InChI is InChI=1S/C23H31N3O3/c1-17-3-6-20(7-4-17)26-23(27)16-29-21-8-5-19(13-22(21)28-2)15-25-14-18-9-11-24-12-10-18/h3-8,13,18,24-25H,9-12,14-16H2,1-2H3,(H,26,27). The SMILES string of the molecule is COc1cc(CNCC2CCNCC2)ccc1OCC(=O)Nc1ccc(C)cc1. The van der Waals surface area contributed by atoms with Crippen molar-refractivity contribution in [3.63, 3.8) is 0 Å². The van der Waals surface area contributed by atoms with E-state index in [1.54, 1.807) is 7.11 Å². The summed E-state index contributed by atoms with van der Waals surface area (Å²) in [7, 11) is 1.61. The van der Waals surface area contributed by atoms with E-state index >= 15 is 0 Å². The van der Waals surface area contributed by atoms with Crippen LogP contribution in [0.25, 0.3) is 0 Å². The van der Waals surface area contributed by atoms with E-state index in [9.17, 15) is 4.79 Å². The molecule has 1 aliphatic heterocycles. The molecular weight excluding hydrogens is 366 g/mol. The van der Waals surface area contributed by atoms with Crippen LogP contribution in [0.1, 0.15) is 24.0 Å². The predicted molar refractivity (Wildman–Crippen MR) is 116 cm³/mol. The number of benzene rings is 2. The van der Waals surface area contributed by atoms with Gasteiger partial charge in [0, 0.05) is 12.2 Å². The summed E-state index contributed by atoms with van der Waals surface area (Å²) >= 11 is 0. The van der Waals surface area contributed by atoms with Gasteiger partial charge in [-0.05, 0) is 75.1 Å². The third-order valence-corrected chi connectivity index (χ3v) is 5.14. The van der Waals surface area contributed by atoms with Crippen molar-refractivity contribution in [3.8, 4) is 11.5 Å². The number of methoxy groups -OCH3 is 1. The van der Waals surface area contributed by atoms with Gasteiger partial charge < -0.3 is 25.4 Å². The molecule has 0 spiro atoms. The first-order chi connectivity index (χ1) is 14.1. The van der Waals surface area contributed by atoms with E-state index in [1.165, 1.54) is 12.8 Å². The Morgan fingerprint density at radius 2 is 1.86 bits per heavy atom. The number of aryl methyl sites for hydroxylation is 1. The maximum atomic E-state index is 12.1. The Morgan fingerprint density at radius 3 is 2.59 bits per heavy atom. The van der Waals surface area contributed by atoms with Crippen LogP contribution in [0, 0.1) is 12.8 Å². The summed E-state index contributed by atoms with van der Waals surface area (Å²) in [5.41, 5.74) is 3.04. The van der Waals surface area contributed by atoms with Gasteiger partial charge in [0.05, 0.1) is 7.11 Å². The lowest BCUT2D eigenvalue weighted by Crippen LogP contribution is -2.33. The molecule has 1 heterocycles. The van der Waals surface area contributed by atoms with Gasteiger partial charge in [0.2, 0.25) is 0 Å². The number of amides is 1. The van der Waals surface area contributed by atoms with Crippen LogP contribution < -0.4 is 25.4 Å². The van der Waals surface area contributed by atoms with Crippen LogP contribution in [0.5, 0.6) is 11.5 Å². The number of carbonyl (C=O) groups is 1. The highest BCUT2D eigenvalue weighted by molar-refractivity contribution is 5.91. The van der Waals surface area contributed by atoms with Gasteiger partial charge in [0.15, 0.2) is 18.1 Å². The molecule has 3 rings (SSSR count). The van der Waals surface area contributed by atoms with Gasteiger partial charge in [-0.2, -0.15) is 0 Å². The number of hydrogen-bond donors (Lipinski definition) is 3. The summed E-state index contributed by atoms with van der Waals surface area (Å²) in [6.07, 6.45) is 2.46. The van der Waals surface area contributed by atoms with Crippen molar-refractivity contribution in [1.82, 2.24) is 10.6 Å². The molecule has 0 aliphatic carbocycles. The molecule has 0 atom stereocenters. The summed E-state index contributed by atoms with van der Waals surface area (Å²) in [6, 6.07) is 13.5. The molecule has 0 radical (unpaired) electrons. The topological polar surface area (TPSA) is 71.6 Å². The van der Waals surface area contributed by atoms with Crippen molar-refractivity contribution in [3.05, 3.63) is 53.6 Å². The minimum Gasteiger partial charge on any atom is -0.493 e. The monoisotopic (exact) mass is 397 g/mol. The zero-order valence-electron chi connectivity index (χ0n) is 17.3. The molecule has 1 aliphatic rings. The van der Waals surface area contributed by atoms with Crippen LogP contribution in [-0.4, -0.2) is 39.3 Å². The third-order valence-electron chi connectivity index (χ3n) is 5.14. The van der Waals surface area contributed by atoms with E-state index in [2.05, 4.69) is 16.0 Å².